The van der Waals surface area contributed by atoms with Crippen LogP contribution in [-0.2, 0) is 4.74 Å². The van der Waals surface area contributed by atoms with Gasteiger partial charge in [0, 0.05) is 20.1 Å². The van der Waals surface area contributed by atoms with Gasteiger partial charge in [0.05, 0.1) is 5.54 Å². The summed E-state index contributed by atoms with van der Waals surface area (Å²) in [4.78, 5) is 16.2. The van der Waals surface area contributed by atoms with Crippen LogP contribution in [0.1, 0.15) is 54.4 Å². The summed E-state index contributed by atoms with van der Waals surface area (Å²) in [6.07, 6.45) is 1.23. The SMILES string of the molecule is CCNC(=NC)NCC(CC)(CC)NC(=O)OC(C)(C)C. The Kier molecular flexibility index (Phi) is 8.14. The first-order valence-electron chi connectivity index (χ1n) is 7.67. The van der Waals surface area contributed by atoms with Crippen LogP contribution in [-0.4, -0.2) is 43.3 Å². The molecule has 3 N–H and O–H groups in total. The third-order valence-corrected chi connectivity index (χ3v) is 3.28. The van der Waals surface area contributed by atoms with Crippen LogP contribution < -0.4 is 16.0 Å². The highest BCUT2D eigenvalue weighted by Gasteiger charge is 2.30. The van der Waals surface area contributed by atoms with Crippen LogP contribution in [0.2, 0.25) is 0 Å². The summed E-state index contributed by atoms with van der Waals surface area (Å²) in [5, 5.41) is 9.39. The maximum absolute atomic E-state index is 12.0. The van der Waals surface area contributed by atoms with Gasteiger partial charge in [-0.1, -0.05) is 13.8 Å². The minimum atomic E-state index is -0.495. The van der Waals surface area contributed by atoms with E-state index < -0.39 is 5.60 Å². The van der Waals surface area contributed by atoms with E-state index in [9.17, 15) is 4.79 Å². The van der Waals surface area contributed by atoms with Crippen LogP contribution in [0.25, 0.3) is 0 Å². The maximum Gasteiger partial charge on any atom is 0.408 e. The highest BCUT2D eigenvalue weighted by atomic mass is 16.6. The van der Waals surface area contributed by atoms with Gasteiger partial charge in [-0.15, -0.1) is 0 Å². The molecule has 0 spiro atoms. The van der Waals surface area contributed by atoms with Gasteiger partial charge in [0.2, 0.25) is 0 Å². The number of aliphatic imine (C=N–C) groups is 1. The number of carbonyl (C=O) groups is 1. The van der Waals surface area contributed by atoms with Crippen LogP contribution in [0.5, 0.6) is 0 Å². The molecule has 0 fully saturated rings. The monoisotopic (exact) mass is 300 g/mol. The molecule has 0 saturated carbocycles. The van der Waals surface area contributed by atoms with Crippen LogP contribution in [0.15, 0.2) is 4.99 Å². The van der Waals surface area contributed by atoms with Crippen molar-refractivity contribution < 1.29 is 9.53 Å². The minimum Gasteiger partial charge on any atom is -0.444 e. The zero-order valence-corrected chi connectivity index (χ0v) is 14.6. The standard InChI is InChI=1S/C15H32N4O2/c1-8-15(9-2,11-18-12(16-7)17-10-3)19-13(20)21-14(4,5)6/h8-11H2,1-7H3,(H,19,20)(H2,16,17,18). The van der Waals surface area contributed by atoms with Crippen molar-refractivity contribution in [3.05, 3.63) is 0 Å². The summed E-state index contributed by atoms with van der Waals surface area (Å²) in [5.74, 6) is 0.731. The molecule has 6 heteroatoms. The quantitative estimate of drug-likeness (QED) is 0.519. The number of hydrogen-bond acceptors (Lipinski definition) is 3. The Morgan fingerprint density at radius 1 is 1.10 bits per heavy atom. The number of nitrogens with zero attached hydrogens (tertiary/aromatic N) is 1. The Bertz CT molecular complexity index is 344. The molecule has 0 aliphatic carbocycles. The zero-order valence-electron chi connectivity index (χ0n) is 14.6. The second kappa shape index (κ2) is 8.74. The second-order valence-electron chi connectivity index (χ2n) is 6.07. The van der Waals surface area contributed by atoms with Crippen molar-refractivity contribution in [1.29, 1.82) is 0 Å². The van der Waals surface area contributed by atoms with E-state index in [1.807, 2.05) is 27.7 Å². The first kappa shape index (κ1) is 19.5. The van der Waals surface area contributed by atoms with Gasteiger partial charge in [0.15, 0.2) is 5.96 Å². The minimum absolute atomic E-state index is 0.353. The van der Waals surface area contributed by atoms with E-state index in [0.717, 1.165) is 25.3 Å². The number of nitrogens with one attached hydrogen (secondary N) is 3. The average molecular weight is 300 g/mol. The molecule has 0 saturated heterocycles. The van der Waals surface area contributed by atoms with Gasteiger partial charge in [-0.3, -0.25) is 4.99 Å². The summed E-state index contributed by atoms with van der Waals surface area (Å²) in [7, 11) is 1.73. The van der Waals surface area contributed by atoms with Gasteiger partial charge in [0.25, 0.3) is 0 Å². The van der Waals surface area contributed by atoms with Crippen LogP contribution in [0.3, 0.4) is 0 Å². The van der Waals surface area contributed by atoms with Gasteiger partial charge in [0.1, 0.15) is 5.60 Å². The third-order valence-electron chi connectivity index (χ3n) is 3.28. The van der Waals surface area contributed by atoms with E-state index in [-0.39, 0.29) is 11.6 Å². The van der Waals surface area contributed by atoms with Gasteiger partial charge in [-0.05, 0) is 40.5 Å². The first-order valence-corrected chi connectivity index (χ1v) is 7.67. The second-order valence-corrected chi connectivity index (χ2v) is 6.07. The molecule has 21 heavy (non-hydrogen) atoms. The molecule has 124 valence electrons. The molecule has 0 rings (SSSR count). The molecule has 0 aliphatic heterocycles. The lowest BCUT2D eigenvalue weighted by Crippen LogP contribution is -2.57. The maximum atomic E-state index is 12.0. The van der Waals surface area contributed by atoms with Gasteiger partial charge >= 0.3 is 6.09 Å². The smallest absolute Gasteiger partial charge is 0.408 e. The summed E-state index contributed by atoms with van der Waals surface area (Å²) >= 11 is 0. The molecule has 0 unspecified atom stereocenters. The Balaban J connectivity index is 4.73. The Hall–Kier alpha value is -1.46. The number of hydrogen-bond donors (Lipinski definition) is 3. The molecule has 0 bridgehead atoms. The molecule has 0 heterocycles. The molecule has 0 aromatic rings. The molecular weight excluding hydrogens is 268 g/mol. The number of amides is 1. The highest BCUT2D eigenvalue weighted by Crippen LogP contribution is 2.16. The van der Waals surface area contributed by atoms with E-state index in [4.69, 9.17) is 4.74 Å². The number of carbonyl (C=O) groups excluding carboxylic acids is 1. The first-order chi connectivity index (χ1) is 9.71. The van der Waals surface area contributed by atoms with Crippen molar-refractivity contribution >= 4 is 12.1 Å². The Morgan fingerprint density at radius 2 is 1.67 bits per heavy atom. The lowest BCUT2D eigenvalue weighted by molar-refractivity contribution is 0.0448. The fourth-order valence-corrected chi connectivity index (χ4v) is 1.88. The fraction of sp³-hybridized carbons (Fsp3) is 0.867. The van der Waals surface area contributed by atoms with Crippen LogP contribution in [0.4, 0.5) is 4.79 Å². The Labute approximate surface area is 129 Å². The van der Waals surface area contributed by atoms with E-state index in [0.29, 0.717) is 6.54 Å². The largest absolute Gasteiger partial charge is 0.444 e. The molecular formula is C15H32N4O2. The number of ether oxygens (including phenoxy) is 1. The van der Waals surface area contributed by atoms with Gasteiger partial charge in [-0.25, -0.2) is 4.79 Å². The highest BCUT2D eigenvalue weighted by molar-refractivity contribution is 5.79. The zero-order chi connectivity index (χ0) is 16.5. The summed E-state index contributed by atoms with van der Waals surface area (Å²) < 4.78 is 5.35. The van der Waals surface area contributed by atoms with Crippen LogP contribution in [0, 0.1) is 0 Å². The number of alkyl carbamates (subject to hydrolysis) is 1. The lowest BCUT2D eigenvalue weighted by atomic mass is 9.93. The number of rotatable bonds is 6. The van der Waals surface area contributed by atoms with E-state index in [1.165, 1.54) is 0 Å². The fourth-order valence-electron chi connectivity index (χ4n) is 1.88. The van der Waals surface area contributed by atoms with Crippen molar-refractivity contribution in [1.82, 2.24) is 16.0 Å². The average Bonchev–Trinajstić information content (AvgIpc) is 2.39. The molecule has 0 atom stereocenters. The van der Waals surface area contributed by atoms with Crippen molar-refractivity contribution in [2.45, 2.75) is 65.5 Å². The molecule has 0 aliphatic rings. The van der Waals surface area contributed by atoms with E-state index in [2.05, 4.69) is 34.8 Å². The molecule has 1 amide bonds. The van der Waals surface area contributed by atoms with Crippen molar-refractivity contribution in [3.8, 4) is 0 Å². The van der Waals surface area contributed by atoms with E-state index >= 15 is 0 Å². The molecule has 6 nitrogen and oxygen atoms in total. The van der Waals surface area contributed by atoms with Gasteiger partial charge < -0.3 is 20.7 Å². The lowest BCUT2D eigenvalue weighted by Gasteiger charge is -2.34. The molecule has 0 aromatic heterocycles. The summed E-state index contributed by atoms with van der Waals surface area (Å²) in [6.45, 7) is 13.1. The van der Waals surface area contributed by atoms with Crippen LogP contribution >= 0.6 is 0 Å². The Morgan fingerprint density at radius 3 is 2.05 bits per heavy atom. The van der Waals surface area contributed by atoms with Crippen molar-refractivity contribution in [2.75, 3.05) is 20.1 Å². The van der Waals surface area contributed by atoms with Gasteiger partial charge in [-0.2, -0.15) is 0 Å². The topological polar surface area (TPSA) is 74.8 Å². The molecule has 0 aromatic carbocycles. The molecule has 0 radical (unpaired) electrons. The summed E-state index contributed by atoms with van der Waals surface area (Å²) in [6, 6.07) is 0. The summed E-state index contributed by atoms with van der Waals surface area (Å²) in [5.41, 5.74) is -0.849. The normalized spacial score (nSPS) is 12.8. The predicted octanol–water partition coefficient (Wildman–Crippen LogP) is 2.25. The van der Waals surface area contributed by atoms with Crippen molar-refractivity contribution in [2.24, 2.45) is 4.99 Å². The van der Waals surface area contributed by atoms with Crippen molar-refractivity contribution in [3.63, 3.8) is 0 Å². The number of guanidine groups is 1. The predicted molar refractivity (Wildman–Crippen MR) is 87.7 cm³/mol. The third kappa shape index (κ3) is 7.78. The van der Waals surface area contributed by atoms with E-state index in [1.54, 1.807) is 7.05 Å².